The SMILES string of the molecule is COc1ccc(OC)c(/C=C(\NC(=O)c2ccccc2)C(=O)Nc2cccc(SCC(=O)c3cccs3)c2)c1. The first-order valence-corrected chi connectivity index (χ1v) is 13.7. The van der Waals surface area contributed by atoms with Gasteiger partial charge in [-0.15, -0.1) is 23.1 Å². The van der Waals surface area contributed by atoms with Crippen LogP contribution in [0.15, 0.2) is 101 Å². The summed E-state index contributed by atoms with van der Waals surface area (Å²) in [6.45, 7) is 0. The molecule has 0 bridgehead atoms. The number of ketones is 1. The van der Waals surface area contributed by atoms with Crippen molar-refractivity contribution in [2.75, 3.05) is 25.3 Å². The average molecular weight is 559 g/mol. The van der Waals surface area contributed by atoms with E-state index in [0.717, 1.165) is 4.90 Å². The van der Waals surface area contributed by atoms with Gasteiger partial charge < -0.3 is 20.1 Å². The van der Waals surface area contributed by atoms with Gasteiger partial charge in [-0.2, -0.15) is 0 Å². The van der Waals surface area contributed by atoms with E-state index in [1.54, 1.807) is 79.9 Å². The summed E-state index contributed by atoms with van der Waals surface area (Å²) in [5, 5.41) is 7.45. The van der Waals surface area contributed by atoms with Gasteiger partial charge in [-0.05, 0) is 66.1 Å². The van der Waals surface area contributed by atoms with Gasteiger partial charge in [0.25, 0.3) is 11.8 Å². The van der Waals surface area contributed by atoms with Gasteiger partial charge in [0.1, 0.15) is 17.2 Å². The molecule has 0 fully saturated rings. The molecule has 0 spiro atoms. The standard InChI is InChI=1S/C30H26N2O5S2/c1-36-23-13-14-27(37-2)21(16-23)17-25(32-29(34)20-8-4-3-5-9-20)30(35)31-22-10-6-11-24(18-22)39-19-26(33)28-12-7-15-38-28/h3-18H,19H2,1-2H3,(H,31,35)(H,32,34)/b25-17-. The van der Waals surface area contributed by atoms with Gasteiger partial charge in [-0.25, -0.2) is 0 Å². The molecule has 2 amide bonds. The lowest BCUT2D eigenvalue weighted by atomic mass is 10.1. The predicted octanol–water partition coefficient (Wildman–Crippen LogP) is 6.15. The molecule has 0 radical (unpaired) electrons. The van der Waals surface area contributed by atoms with Crippen LogP contribution in [0.4, 0.5) is 5.69 Å². The van der Waals surface area contributed by atoms with Crippen LogP contribution in [0.1, 0.15) is 25.6 Å². The highest BCUT2D eigenvalue weighted by atomic mass is 32.2. The number of benzene rings is 3. The van der Waals surface area contributed by atoms with Crippen LogP contribution in [0, 0.1) is 0 Å². The van der Waals surface area contributed by atoms with Crippen molar-refractivity contribution in [2.45, 2.75) is 4.90 Å². The molecule has 1 aromatic heterocycles. The van der Waals surface area contributed by atoms with Crippen molar-refractivity contribution >= 4 is 52.5 Å². The summed E-state index contributed by atoms with van der Waals surface area (Å²) < 4.78 is 10.8. The van der Waals surface area contributed by atoms with Crippen LogP contribution in [0.2, 0.25) is 0 Å². The summed E-state index contributed by atoms with van der Waals surface area (Å²) in [4.78, 5) is 40.3. The lowest BCUT2D eigenvalue weighted by molar-refractivity contribution is -0.113. The number of nitrogens with one attached hydrogen (secondary N) is 2. The average Bonchev–Trinajstić information content (AvgIpc) is 3.51. The first-order chi connectivity index (χ1) is 19.0. The van der Waals surface area contributed by atoms with E-state index in [1.165, 1.54) is 36.3 Å². The normalized spacial score (nSPS) is 11.0. The summed E-state index contributed by atoms with van der Waals surface area (Å²) in [7, 11) is 3.06. The monoisotopic (exact) mass is 558 g/mol. The summed E-state index contributed by atoms with van der Waals surface area (Å²) in [5.74, 6) is 0.440. The summed E-state index contributed by atoms with van der Waals surface area (Å²) in [6, 6.07) is 24.6. The van der Waals surface area contributed by atoms with Crippen LogP contribution >= 0.6 is 23.1 Å². The fourth-order valence-corrected chi connectivity index (χ4v) is 5.16. The van der Waals surface area contributed by atoms with Gasteiger partial charge in [-0.3, -0.25) is 14.4 Å². The molecule has 7 nitrogen and oxygen atoms in total. The van der Waals surface area contributed by atoms with Crippen molar-refractivity contribution in [3.8, 4) is 11.5 Å². The van der Waals surface area contributed by atoms with Crippen LogP contribution in [-0.2, 0) is 4.79 Å². The summed E-state index contributed by atoms with van der Waals surface area (Å²) in [6.07, 6.45) is 1.54. The van der Waals surface area contributed by atoms with Crippen LogP contribution in [0.25, 0.3) is 6.08 Å². The van der Waals surface area contributed by atoms with Crippen molar-refractivity contribution in [3.05, 3.63) is 112 Å². The highest BCUT2D eigenvalue weighted by molar-refractivity contribution is 8.00. The van der Waals surface area contributed by atoms with Crippen molar-refractivity contribution < 1.29 is 23.9 Å². The Bertz CT molecular complexity index is 1480. The Balaban J connectivity index is 1.57. The molecule has 0 atom stereocenters. The number of methoxy groups -OCH3 is 2. The molecule has 1 heterocycles. The molecule has 0 aliphatic rings. The third-order valence-electron chi connectivity index (χ3n) is 5.52. The van der Waals surface area contributed by atoms with Gasteiger partial charge in [-0.1, -0.05) is 30.3 Å². The smallest absolute Gasteiger partial charge is 0.272 e. The number of carbonyl (C=O) groups excluding carboxylic acids is 3. The molecule has 0 unspecified atom stereocenters. The number of hydrogen-bond donors (Lipinski definition) is 2. The maximum Gasteiger partial charge on any atom is 0.272 e. The van der Waals surface area contributed by atoms with Gasteiger partial charge in [0, 0.05) is 21.7 Å². The number of hydrogen-bond acceptors (Lipinski definition) is 7. The van der Waals surface area contributed by atoms with Gasteiger partial charge in [0.15, 0.2) is 5.78 Å². The van der Waals surface area contributed by atoms with E-state index in [0.29, 0.717) is 33.2 Å². The molecule has 0 saturated heterocycles. The molecule has 0 saturated carbocycles. The number of thioether (sulfide) groups is 1. The molecular formula is C30H26N2O5S2. The van der Waals surface area contributed by atoms with E-state index in [-0.39, 0.29) is 17.2 Å². The third kappa shape index (κ3) is 7.59. The highest BCUT2D eigenvalue weighted by Gasteiger charge is 2.17. The largest absolute Gasteiger partial charge is 0.497 e. The fraction of sp³-hybridized carbons (Fsp3) is 0.100. The molecule has 0 aliphatic carbocycles. The molecule has 198 valence electrons. The van der Waals surface area contributed by atoms with Gasteiger partial charge in [0.05, 0.1) is 24.8 Å². The minimum absolute atomic E-state index is 0.0151. The van der Waals surface area contributed by atoms with Crippen molar-refractivity contribution in [1.29, 1.82) is 0 Å². The highest BCUT2D eigenvalue weighted by Crippen LogP contribution is 2.27. The Morgan fingerprint density at radius 2 is 1.72 bits per heavy atom. The van der Waals surface area contributed by atoms with Crippen molar-refractivity contribution in [2.24, 2.45) is 0 Å². The molecule has 0 aliphatic heterocycles. The van der Waals surface area contributed by atoms with E-state index in [4.69, 9.17) is 9.47 Å². The fourth-order valence-electron chi connectivity index (χ4n) is 3.57. The van der Waals surface area contributed by atoms with Crippen LogP contribution in [0.3, 0.4) is 0 Å². The molecule has 2 N–H and O–H groups in total. The number of rotatable bonds is 11. The molecule has 3 aromatic carbocycles. The van der Waals surface area contributed by atoms with Crippen molar-refractivity contribution in [3.63, 3.8) is 0 Å². The number of amides is 2. The van der Waals surface area contributed by atoms with E-state index in [9.17, 15) is 14.4 Å². The lowest BCUT2D eigenvalue weighted by Crippen LogP contribution is -2.30. The molecule has 9 heteroatoms. The number of ether oxygens (including phenoxy) is 2. The summed E-state index contributed by atoms with van der Waals surface area (Å²) in [5.41, 5.74) is 1.49. The molecule has 4 aromatic rings. The topological polar surface area (TPSA) is 93.7 Å². The Hall–Kier alpha value is -4.34. The van der Waals surface area contributed by atoms with E-state index in [2.05, 4.69) is 10.6 Å². The van der Waals surface area contributed by atoms with Crippen LogP contribution in [-0.4, -0.2) is 37.6 Å². The number of carbonyl (C=O) groups is 3. The van der Waals surface area contributed by atoms with E-state index in [1.807, 2.05) is 17.5 Å². The van der Waals surface area contributed by atoms with Gasteiger partial charge >= 0.3 is 0 Å². The molecular weight excluding hydrogens is 532 g/mol. The molecule has 4 rings (SSSR count). The second kappa shape index (κ2) is 13.5. The molecule has 39 heavy (non-hydrogen) atoms. The zero-order valence-electron chi connectivity index (χ0n) is 21.3. The number of thiophene rings is 1. The van der Waals surface area contributed by atoms with E-state index >= 15 is 0 Å². The van der Waals surface area contributed by atoms with Gasteiger partial charge in [0.2, 0.25) is 0 Å². The first-order valence-electron chi connectivity index (χ1n) is 11.9. The Morgan fingerprint density at radius 1 is 0.897 bits per heavy atom. The summed E-state index contributed by atoms with van der Waals surface area (Å²) >= 11 is 2.80. The van der Waals surface area contributed by atoms with Crippen LogP contribution in [0.5, 0.6) is 11.5 Å². The lowest BCUT2D eigenvalue weighted by Gasteiger charge is -2.13. The minimum Gasteiger partial charge on any atom is -0.497 e. The number of Topliss-reactive ketones (excluding diaryl/α,β-unsaturated/α-hetero) is 1. The zero-order chi connectivity index (χ0) is 27.6. The maximum atomic E-state index is 13.4. The van der Waals surface area contributed by atoms with E-state index < -0.39 is 11.8 Å². The Labute approximate surface area is 234 Å². The maximum absolute atomic E-state index is 13.4. The second-order valence-electron chi connectivity index (χ2n) is 8.16. The first kappa shape index (κ1) is 27.7. The number of anilines is 1. The second-order valence-corrected chi connectivity index (χ2v) is 10.2. The third-order valence-corrected chi connectivity index (χ3v) is 7.43. The Kier molecular flexibility index (Phi) is 9.55. The van der Waals surface area contributed by atoms with Crippen LogP contribution < -0.4 is 20.1 Å². The Morgan fingerprint density at radius 3 is 2.44 bits per heavy atom. The minimum atomic E-state index is -0.527. The zero-order valence-corrected chi connectivity index (χ0v) is 22.9. The predicted molar refractivity (Wildman–Crippen MR) is 156 cm³/mol. The quantitative estimate of drug-likeness (QED) is 0.130. The van der Waals surface area contributed by atoms with Crippen molar-refractivity contribution in [1.82, 2.24) is 5.32 Å².